The Kier molecular flexibility index (Phi) is 3.62. The smallest absolute Gasteiger partial charge is 0.363 e. The Morgan fingerprint density at radius 2 is 1.86 bits per heavy atom. The molecule has 5 nitrogen and oxygen atoms in total. The number of aromatic hydroxyl groups is 1. The maximum Gasteiger partial charge on any atom is 0.363 e. The lowest BCUT2D eigenvalue weighted by atomic mass is 10.1. The van der Waals surface area contributed by atoms with Gasteiger partial charge in [-0.15, -0.1) is 0 Å². The van der Waals surface area contributed by atoms with Crippen molar-refractivity contribution < 1.29 is 19.4 Å². The first-order valence-corrected chi connectivity index (χ1v) is 6.63. The minimum atomic E-state index is -0.566. The second kappa shape index (κ2) is 5.73. The van der Waals surface area contributed by atoms with Crippen LogP contribution in [0, 0.1) is 0 Å². The van der Waals surface area contributed by atoms with E-state index in [9.17, 15) is 9.90 Å². The highest BCUT2D eigenvalue weighted by atomic mass is 16.6. The third-order valence-electron chi connectivity index (χ3n) is 3.19. The molecule has 0 fully saturated rings. The van der Waals surface area contributed by atoms with Gasteiger partial charge >= 0.3 is 5.97 Å². The summed E-state index contributed by atoms with van der Waals surface area (Å²) in [6.45, 7) is 0. The summed E-state index contributed by atoms with van der Waals surface area (Å²) >= 11 is 0. The molecule has 0 radical (unpaired) electrons. The fourth-order valence-corrected chi connectivity index (χ4v) is 2.10. The number of esters is 1. The Morgan fingerprint density at radius 3 is 2.64 bits per heavy atom. The molecule has 3 rings (SSSR count). The van der Waals surface area contributed by atoms with Gasteiger partial charge in [0.25, 0.3) is 0 Å². The molecule has 0 atom stereocenters. The van der Waals surface area contributed by atoms with Crippen LogP contribution in [-0.2, 0) is 9.53 Å². The summed E-state index contributed by atoms with van der Waals surface area (Å²) in [7, 11) is 1.54. The van der Waals surface area contributed by atoms with E-state index in [1.807, 2.05) is 6.07 Å². The Morgan fingerprint density at radius 1 is 1.14 bits per heavy atom. The van der Waals surface area contributed by atoms with Crippen molar-refractivity contribution in [3.63, 3.8) is 0 Å². The fourth-order valence-electron chi connectivity index (χ4n) is 2.10. The number of carbonyl (C=O) groups is 1. The van der Waals surface area contributed by atoms with E-state index in [2.05, 4.69) is 4.99 Å². The molecule has 5 heteroatoms. The van der Waals surface area contributed by atoms with Gasteiger partial charge in [0.2, 0.25) is 5.90 Å². The SMILES string of the molecule is COc1ccccc1C1=N/C(=C/c2ccccc2O)C(=O)O1. The van der Waals surface area contributed by atoms with Crippen molar-refractivity contribution in [1.82, 2.24) is 0 Å². The van der Waals surface area contributed by atoms with Crippen LogP contribution < -0.4 is 4.74 Å². The van der Waals surface area contributed by atoms with E-state index in [1.165, 1.54) is 19.3 Å². The third-order valence-corrected chi connectivity index (χ3v) is 3.19. The van der Waals surface area contributed by atoms with Gasteiger partial charge in [0.15, 0.2) is 5.70 Å². The molecule has 0 unspecified atom stereocenters. The summed E-state index contributed by atoms with van der Waals surface area (Å²) in [6.07, 6.45) is 1.49. The van der Waals surface area contributed by atoms with E-state index in [0.29, 0.717) is 16.9 Å². The van der Waals surface area contributed by atoms with E-state index in [-0.39, 0.29) is 17.3 Å². The van der Waals surface area contributed by atoms with Crippen LogP contribution >= 0.6 is 0 Å². The van der Waals surface area contributed by atoms with Gasteiger partial charge in [0, 0.05) is 5.56 Å². The summed E-state index contributed by atoms with van der Waals surface area (Å²) < 4.78 is 10.4. The number of phenols is 1. The second-order valence-electron chi connectivity index (χ2n) is 4.60. The number of benzene rings is 2. The molecule has 0 spiro atoms. The van der Waals surface area contributed by atoms with Crippen molar-refractivity contribution in [3.8, 4) is 11.5 Å². The predicted octanol–water partition coefficient (Wildman–Crippen LogP) is 2.75. The molecule has 22 heavy (non-hydrogen) atoms. The Bertz CT molecular complexity index is 793. The quantitative estimate of drug-likeness (QED) is 0.698. The standard InChI is InChI=1S/C17H13NO4/c1-21-15-9-5-3-7-12(15)16-18-13(17(20)22-16)10-11-6-2-4-8-14(11)19/h2-10,19H,1H3/b13-10+. The minimum absolute atomic E-state index is 0.0729. The van der Waals surface area contributed by atoms with Crippen LogP contribution in [0.5, 0.6) is 11.5 Å². The van der Waals surface area contributed by atoms with Crippen LogP contribution in [0.25, 0.3) is 6.08 Å². The van der Waals surface area contributed by atoms with Gasteiger partial charge in [-0.25, -0.2) is 9.79 Å². The van der Waals surface area contributed by atoms with E-state index in [0.717, 1.165) is 0 Å². The molecule has 0 saturated heterocycles. The Labute approximate surface area is 127 Å². The first kappa shape index (κ1) is 13.9. The molecule has 0 aromatic heterocycles. The molecule has 2 aromatic rings. The molecule has 1 N–H and O–H groups in total. The first-order valence-electron chi connectivity index (χ1n) is 6.63. The zero-order valence-corrected chi connectivity index (χ0v) is 11.8. The van der Waals surface area contributed by atoms with Gasteiger partial charge in [0.1, 0.15) is 11.5 Å². The highest BCUT2D eigenvalue weighted by Crippen LogP contribution is 2.26. The van der Waals surface area contributed by atoms with Crippen LogP contribution in [0.15, 0.2) is 59.2 Å². The number of para-hydroxylation sites is 2. The van der Waals surface area contributed by atoms with Gasteiger partial charge in [-0.05, 0) is 24.3 Å². The lowest BCUT2D eigenvalue weighted by molar-refractivity contribution is -0.129. The van der Waals surface area contributed by atoms with Crippen molar-refractivity contribution in [3.05, 3.63) is 65.4 Å². The van der Waals surface area contributed by atoms with E-state index in [1.54, 1.807) is 36.4 Å². The highest BCUT2D eigenvalue weighted by Gasteiger charge is 2.26. The highest BCUT2D eigenvalue weighted by molar-refractivity contribution is 6.13. The molecule has 1 aliphatic rings. The van der Waals surface area contributed by atoms with E-state index in [4.69, 9.17) is 9.47 Å². The number of ether oxygens (including phenoxy) is 2. The van der Waals surface area contributed by atoms with Crippen LogP contribution in [0.2, 0.25) is 0 Å². The van der Waals surface area contributed by atoms with Gasteiger partial charge in [-0.2, -0.15) is 0 Å². The van der Waals surface area contributed by atoms with Crippen molar-refractivity contribution in [2.24, 2.45) is 4.99 Å². The maximum atomic E-state index is 11.9. The van der Waals surface area contributed by atoms with E-state index >= 15 is 0 Å². The predicted molar refractivity (Wildman–Crippen MR) is 81.7 cm³/mol. The number of carbonyl (C=O) groups excluding carboxylic acids is 1. The van der Waals surface area contributed by atoms with Crippen LogP contribution in [-0.4, -0.2) is 24.1 Å². The van der Waals surface area contributed by atoms with Gasteiger partial charge in [-0.3, -0.25) is 0 Å². The number of phenolic OH excluding ortho intramolecular Hbond substituents is 1. The van der Waals surface area contributed by atoms with Crippen LogP contribution in [0.4, 0.5) is 0 Å². The number of hydrogen-bond donors (Lipinski definition) is 1. The zero-order valence-electron chi connectivity index (χ0n) is 11.8. The normalized spacial score (nSPS) is 15.6. The largest absolute Gasteiger partial charge is 0.507 e. The Balaban J connectivity index is 2.00. The molecule has 0 amide bonds. The summed E-state index contributed by atoms with van der Waals surface area (Å²) in [6, 6.07) is 13.8. The molecule has 1 heterocycles. The number of cyclic esters (lactones) is 1. The summed E-state index contributed by atoms with van der Waals surface area (Å²) in [5, 5.41) is 9.76. The number of methoxy groups -OCH3 is 1. The minimum Gasteiger partial charge on any atom is -0.507 e. The average molecular weight is 295 g/mol. The van der Waals surface area contributed by atoms with Crippen LogP contribution in [0.3, 0.4) is 0 Å². The summed E-state index contributed by atoms with van der Waals surface area (Å²) in [5.41, 5.74) is 1.22. The molecular weight excluding hydrogens is 282 g/mol. The molecule has 110 valence electrons. The monoisotopic (exact) mass is 295 g/mol. The van der Waals surface area contributed by atoms with Crippen molar-refractivity contribution >= 4 is 17.9 Å². The maximum absolute atomic E-state index is 11.9. The number of aliphatic imine (C=N–C) groups is 1. The topological polar surface area (TPSA) is 68.1 Å². The Hall–Kier alpha value is -3.08. The third kappa shape index (κ3) is 2.56. The lowest BCUT2D eigenvalue weighted by Crippen LogP contribution is -2.06. The molecular formula is C17H13NO4. The van der Waals surface area contributed by atoms with Crippen LogP contribution in [0.1, 0.15) is 11.1 Å². The van der Waals surface area contributed by atoms with Crippen molar-refractivity contribution in [1.29, 1.82) is 0 Å². The fraction of sp³-hybridized carbons (Fsp3) is 0.0588. The molecule has 0 aliphatic carbocycles. The van der Waals surface area contributed by atoms with Gasteiger partial charge in [-0.1, -0.05) is 30.3 Å². The number of rotatable bonds is 3. The van der Waals surface area contributed by atoms with Crippen molar-refractivity contribution in [2.75, 3.05) is 7.11 Å². The zero-order chi connectivity index (χ0) is 15.5. The number of hydrogen-bond acceptors (Lipinski definition) is 5. The summed E-state index contributed by atoms with van der Waals surface area (Å²) in [4.78, 5) is 16.1. The lowest BCUT2D eigenvalue weighted by Gasteiger charge is -2.05. The molecule has 1 aliphatic heterocycles. The number of nitrogens with zero attached hydrogens (tertiary/aromatic N) is 1. The average Bonchev–Trinajstić information content (AvgIpc) is 2.90. The van der Waals surface area contributed by atoms with Gasteiger partial charge < -0.3 is 14.6 Å². The molecule has 2 aromatic carbocycles. The van der Waals surface area contributed by atoms with E-state index < -0.39 is 5.97 Å². The second-order valence-corrected chi connectivity index (χ2v) is 4.60. The molecule has 0 bridgehead atoms. The first-order chi connectivity index (χ1) is 10.7. The van der Waals surface area contributed by atoms with Gasteiger partial charge in [0.05, 0.1) is 12.7 Å². The molecule has 0 saturated carbocycles. The van der Waals surface area contributed by atoms with Crippen molar-refractivity contribution in [2.45, 2.75) is 0 Å². The summed E-state index contributed by atoms with van der Waals surface area (Å²) in [5.74, 6) is 0.259.